The number of aromatic nitrogens is 5. The third-order valence-corrected chi connectivity index (χ3v) is 3.00. The normalized spacial score (nSPS) is 11.3. The Balaban J connectivity index is 2.24. The van der Waals surface area contributed by atoms with Crippen molar-refractivity contribution in [3.8, 4) is 11.4 Å². The van der Waals surface area contributed by atoms with Crippen molar-refractivity contribution in [2.45, 2.75) is 19.8 Å². The van der Waals surface area contributed by atoms with Crippen LogP contribution in [0.1, 0.15) is 25.3 Å². The Morgan fingerprint density at radius 1 is 1.17 bits per heavy atom. The zero-order valence-electron chi connectivity index (χ0n) is 10.3. The van der Waals surface area contributed by atoms with Gasteiger partial charge in [0.2, 0.25) is 5.82 Å². The highest BCUT2D eigenvalue weighted by molar-refractivity contribution is 5.86. The molecule has 0 saturated heterocycles. The lowest BCUT2D eigenvalue weighted by molar-refractivity contribution is 0.874. The largest absolute Gasteiger partial charge is 0.256 e. The van der Waals surface area contributed by atoms with Gasteiger partial charge in [0.25, 0.3) is 0 Å². The molecule has 18 heavy (non-hydrogen) atoms. The van der Waals surface area contributed by atoms with E-state index in [9.17, 15) is 0 Å². The van der Waals surface area contributed by atoms with Crippen LogP contribution in [0, 0.1) is 0 Å². The number of aromatic amines is 1. The molecule has 2 aromatic heterocycles. The van der Waals surface area contributed by atoms with Crippen molar-refractivity contribution >= 4 is 10.9 Å². The maximum Gasteiger partial charge on any atom is 0.204 e. The van der Waals surface area contributed by atoms with E-state index in [4.69, 9.17) is 0 Å². The molecule has 3 aromatic rings. The first-order valence-electron chi connectivity index (χ1n) is 5.88. The number of nitrogens with one attached hydrogen (secondary N) is 1. The van der Waals surface area contributed by atoms with E-state index in [0.29, 0.717) is 11.7 Å². The fourth-order valence-corrected chi connectivity index (χ4v) is 2.09. The smallest absolute Gasteiger partial charge is 0.204 e. The Bertz CT molecular complexity index is 673. The molecule has 0 amide bonds. The summed E-state index contributed by atoms with van der Waals surface area (Å²) in [6, 6.07) is 8.09. The van der Waals surface area contributed by atoms with Gasteiger partial charge in [0, 0.05) is 17.1 Å². The summed E-state index contributed by atoms with van der Waals surface area (Å²) >= 11 is 0. The molecule has 0 atom stereocenters. The minimum Gasteiger partial charge on any atom is -0.256 e. The molecule has 0 bridgehead atoms. The molecule has 0 fully saturated rings. The van der Waals surface area contributed by atoms with Crippen LogP contribution in [-0.2, 0) is 0 Å². The Hall–Kier alpha value is -2.30. The lowest BCUT2D eigenvalue weighted by Gasteiger charge is -2.09. The van der Waals surface area contributed by atoms with Gasteiger partial charge in [-0.1, -0.05) is 13.8 Å². The summed E-state index contributed by atoms with van der Waals surface area (Å²) < 4.78 is 0. The van der Waals surface area contributed by atoms with Crippen molar-refractivity contribution in [2.24, 2.45) is 0 Å². The number of pyridine rings is 1. The van der Waals surface area contributed by atoms with E-state index in [1.165, 1.54) is 5.56 Å². The topological polar surface area (TPSA) is 67.3 Å². The number of fused-ring (bicyclic) bond motifs is 1. The molecule has 1 aromatic carbocycles. The molecule has 0 aliphatic rings. The van der Waals surface area contributed by atoms with Gasteiger partial charge in [0.05, 0.1) is 5.52 Å². The number of rotatable bonds is 2. The lowest BCUT2D eigenvalue weighted by Crippen LogP contribution is -1.92. The fraction of sp³-hybridized carbons (Fsp3) is 0.231. The number of tetrazole rings is 1. The van der Waals surface area contributed by atoms with Gasteiger partial charge < -0.3 is 0 Å². The predicted octanol–water partition coefficient (Wildman–Crippen LogP) is 2.54. The second kappa shape index (κ2) is 4.18. The monoisotopic (exact) mass is 239 g/mol. The van der Waals surface area contributed by atoms with E-state index in [2.05, 4.69) is 51.6 Å². The first kappa shape index (κ1) is 10.8. The number of hydrogen-bond donors (Lipinski definition) is 1. The Morgan fingerprint density at radius 2 is 2.06 bits per heavy atom. The first-order valence-corrected chi connectivity index (χ1v) is 5.88. The molecule has 5 heteroatoms. The van der Waals surface area contributed by atoms with Crippen LogP contribution in [0.25, 0.3) is 22.3 Å². The summed E-state index contributed by atoms with van der Waals surface area (Å²) in [4.78, 5) is 4.38. The van der Waals surface area contributed by atoms with Crippen LogP contribution in [0.3, 0.4) is 0 Å². The van der Waals surface area contributed by atoms with E-state index in [1.807, 2.05) is 18.3 Å². The molecule has 5 nitrogen and oxygen atoms in total. The van der Waals surface area contributed by atoms with Gasteiger partial charge in [-0.25, -0.2) is 0 Å². The van der Waals surface area contributed by atoms with Crippen LogP contribution < -0.4 is 0 Å². The minimum atomic E-state index is 0.455. The first-order chi connectivity index (χ1) is 8.75. The van der Waals surface area contributed by atoms with Gasteiger partial charge in [0.1, 0.15) is 0 Å². The summed E-state index contributed by atoms with van der Waals surface area (Å²) in [5.41, 5.74) is 3.23. The zero-order valence-corrected chi connectivity index (χ0v) is 10.3. The molecule has 0 aliphatic carbocycles. The van der Waals surface area contributed by atoms with Crippen molar-refractivity contribution in [1.82, 2.24) is 25.6 Å². The molecule has 0 saturated carbocycles. The summed E-state index contributed by atoms with van der Waals surface area (Å²) in [6.07, 6.45) is 1.85. The van der Waals surface area contributed by atoms with Crippen molar-refractivity contribution in [3.05, 3.63) is 36.0 Å². The standard InChI is InChI=1S/C13H13N5/c1-8(2)10-5-6-14-12-4-3-9(7-11(10)12)13-15-17-18-16-13/h3-8H,1-2H3,(H,15,16,17,18). The molecule has 3 rings (SSSR count). The SMILES string of the molecule is CC(C)c1ccnc2ccc(-c3nn[nH]n3)cc12. The van der Waals surface area contributed by atoms with E-state index in [0.717, 1.165) is 16.5 Å². The molecule has 0 spiro atoms. The van der Waals surface area contributed by atoms with Gasteiger partial charge in [-0.2, -0.15) is 5.21 Å². The van der Waals surface area contributed by atoms with Gasteiger partial charge in [-0.05, 0) is 41.0 Å². The molecule has 0 radical (unpaired) electrons. The summed E-state index contributed by atoms with van der Waals surface area (Å²) in [6.45, 7) is 4.35. The number of nitrogens with zero attached hydrogens (tertiary/aromatic N) is 4. The van der Waals surface area contributed by atoms with Gasteiger partial charge in [0.15, 0.2) is 0 Å². The predicted molar refractivity (Wildman–Crippen MR) is 69.0 cm³/mol. The van der Waals surface area contributed by atoms with Crippen molar-refractivity contribution in [1.29, 1.82) is 0 Å². The maximum absolute atomic E-state index is 4.38. The Kier molecular flexibility index (Phi) is 2.51. The van der Waals surface area contributed by atoms with Crippen LogP contribution in [0.5, 0.6) is 0 Å². The van der Waals surface area contributed by atoms with Crippen LogP contribution in [-0.4, -0.2) is 25.6 Å². The molecule has 90 valence electrons. The van der Waals surface area contributed by atoms with E-state index in [-0.39, 0.29) is 0 Å². The molecular formula is C13H13N5. The van der Waals surface area contributed by atoms with Crippen LogP contribution in [0.4, 0.5) is 0 Å². The minimum absolute atomic E-state index is 0.455. The van der Waals surface area contributed by atoms with Crippen LogP contribution >= 0.6 is 0 Å². The second-order valence-corrected chi connectivity index (χ2v) is 4.52. The Labute approximate surface area is 104 Å². The zero-order chi connectivity index (χ0) is 12.5. The van der Waals surface area contributed by atoms with Crippen LogP contribution in [0.2, 0.25) is 0 Å². The van der Waals surface area contributed by atoms with Crippen molar-refractivity contribution in [3.63, 3.8) is 0 Å². The Morgan fingerprint density at radius 3 is 2.78 bits per heavy atom. The highest BCUT2D eigenvalue weighted by atomic mass is 15.5. The number of benzene rings is 1. The molecule has 0 aliphatic heterocycles. The number of hydrogen-bond acceptors (Lipinski definition) is 4. The third-order valence-electron chi connectivity index (χ3n) is 3.00. The molecule has 0 unspecified atom stereocenters. The second-order valence-electron chi connectivity index (χ2n) is 4.52. The number of H-pyrrole nitrogens is 1. The van der Waals surface area contributed by atoms with Crippen LogP contribution in [0.15, 0.2) is 30.5 Å². The average molecular weight is 239 g/mol. The molecule has 2 heterocycles. The van der Waals surface area contributed by atoms with Gasteiger partial charge in [-0.15, -0.1) is 10.2 Å². The highest BCUT2D eigenvalue weighted by Gasteiger charge is 2.09. The summed E-state index contributed by atoms with van der Waals surface area (Å²) in [7, 11) is 0. The van der Waals surface area contributed by atoms with E-state index >= 15 is 0 Å². The summed E-state index contributed by atoms with van der Waals surface area (Å²) in [5.74, 6) is 1.06. The fourth-order valence-electron chi connectivity index (χ4n) is 2.09. The molecular weight excluding hydrogens is 226 g/mol. The summed E-state index contributed by atoms with van der Waals surface area (Å²) in [5, 5.41) is 15.2. The van der Waals surface area contributed by atoms with E-state index < -0.39 is 0 Å². The third kappa shape index (κ3) is 1.73. The van der Waals surface area contributed by atoms with Crippen molar-refractivity contribution < 1.29 is 0 Å². The van der Waals surface area contributed by atoms with Crippen molar-refractivity contribution in [2.75, 3.05) is 0 Å². The van der Waals surface area contributed by atoms with Gasteiger partial charge >= 0.3 is 0 Å². The van der Waals surface area contributed by atoms with E-state index in [1.54, 1.807) is 0 Å². The lowest BCUT2D eigenvalue weighted by atomic mass is 9.98. The van der Waals surface area contributed by atoms with Gasteiger partial charge in [-0.3, -0.25) is 4.98 Å². The quantitative estimate of drug-likeness (QED) is 0.746. The molecule has 1 N–H and O–H groups in total. The average Bonchev–Trinajstić information content (AvgIpc) is 2.91. The maximum atomic E-state index is 4.38. The highest BCUT2D eigenvalue weighted by Crippen LogP contribution is 2.27.